The molecule has 0 aliphatic heterocycles. The molecule has 0 amide bonds. The number of aromatic hydroxyl groups is 1. The minimum absolute atomic E-state index is 0.152. The highest BCUT2D eigenvalue weighted by molar-refractivity contribution is 6.31. The van der Waals surface area contributed by atoms with Crippen molar-refractivity contribution in [1.29, 1.82) is 5.26 Å². The third-order valence-corrected chi connectivity index (χ3v) is 2.50. The second-order valence-corrected chi connectivity index (χ2v) is 3.79. The van der Waals surface area contributed by atoms with Gasteiger partial charge >= 0.3 is 0 Å². The van der Waals surface area contributed by atoms with Crippen molar-refractivity contribution >= 4 is 11.6 Å². The number of nitrogens with zero attached hydrogens (tertiary/aromatic N) is 1. The smallest absolute Gasteiger partial charge is 0.123 e. The van der Waals surface area contributed by atoms with Crippen LogP contribution < -0.4 is 0 Å². The van der Waals surface area contributed by atoms with Crippen molar-refractivity contribution in [2.75, 3.05) is 0 Å². The molecule has 0 saturated carbocycles. The number of nitriles is 1. The molecule has 2 aromatic rings. The van der Waals surface area contributed by atoms with Gasteiger partial charge in [0.05, 0.1) is 11.6 Å². The van der Waals surface area contributed by atoms with Crippen LogP contribution in [0.5, 0.6) is 5.75 Å². The SMILES string of the molecule is N#Cc1cccc(-c2cc(Cl)ccc2O)c1. The van der Waals surface area contributed by atoms with Gasteiger partial charge in [-0.15, -0.1) is 0 Å². The first kappa shape index (κ1) is 10.5. The van der Waals surface area contributed by atoms with Gasteiger partial charge < -0.3 is 5.11 Å². The number of phenols is 1. The lowest BCUT2D eigenvalue weighted by Gasteiger charge is -2.05. The maximum atomic E-state index is 9.71. The van der Waals surface area contributed by atoms with Crippen LogP contribution in [0.3, 0.4) is 0 Å². The second kappa shape index (κ2) is 4.26. The van der Waals surface area contributed by atoms with E-state index in [9.17, 15) is 5.11 Å². The van der Waals surface area contributed by atoms with Crippen LogP contribution in [0.4, 0.5) is 0 Å². The third kappa shape index (κ3) is 2.00. The van der Waals surface area contributed by atoms with Crippen molar-refractivity contribution < 1.29 is 5.11 Å². The molecule has 16 heavy (non-hydrogen) atoms. The van der Waals surface area contributed by atoms with Gasteiger partial charge in [-0.25, -0.2) is 0 Å². The molecule has 2 nitrogen and oxygen atoms in total. The Morgan fingerprint density at radius 3 is 2.69 bits per heavy atom. The Kier molecular flexibility index (Phi) is 2.80. The van der Waals surface area contributed by atoms with Gasteiger partial charge in [0.2, 0.25) is 0 Å². The summed E-state index contributed by atoms with van der Waals surface area (Å²) in [6.45, 7) is 0. The molecule has 0 aromatic heterocycles. The topological polar surface area (TPSA) is 44.0 Å². The summed E-state index contributed by atoms with van der Waals surface area (Å²) in [7, 11) is 0. The molecule has 0 spiro atoms. The van der Waals surface area contributed by atoms with E-state index in [0.29, 0.717) is 16.1 Å². The van der Waals surface area contributed by atoms with Crippen LogP contribution in [0.15, 0.2) is 42.5 Å². The molecule has 3 heteroatoms. The lowest BCUT2D eigenvalue weighted by molar-refractivity contribution is 0.477. The Hall–Kier alpha value is -1.98. The summed E-state index contributed by atoms with van der Waals surface area (Å²) in [5, 5.41) is 19.1. The molecule has 0 saturated heterocycles. The molecular weight excluding hydrogens is 222 g/mol. The quantitative estimate of drug-likeness (QED) is 0.812. The predicted octanol–water partition coefficient (Wildman–Crippen LogP) is 3.58. The van der Waals surface area contributed by atoms with Crippen LogP contribution in [0.2, 0.25) is 5.02 Å². The molecule has 1 N–H and O–H groups in total. The van der Waals surface area contributed by atoms with E-state index in [1.165, 1.54) is 6.07 Å². The fourth-order valence-electron chi connectivity index (χ4n) is 1.50. The molecule has 0 atom stereocenters. The molecule has 0 radical (unpaired) electrons. The summed E-state index contributed by atoms with van der Waals surface area (Å²) in [4.78, 5) is 0. The van der Waals surface area contributed by atoms with Gasteiger partial charge in [-0.1, -0.05) is 23.7 Å². The van der Waals surface area contributed by atoms with Crippen molar-refractivity contribution in [3.8, 4) is 22.9 Å². The zero-order valence-corrected chi connectivity index (χ0v) is 9.07. The van der Waals surface area contributed by atoms with E-state index < -0.39 is 0 Å². The van der Waals surface area contributed by atoms with Gasteiger partial charge in [-0.3, -0.25) is 0 Å². The summed E-state index contributed by atoms with van der Waals surface area (Å²) in [5.74, 6) is 0.152. The first-order valence-corrected chi connectivity index (χ1v) is 5.07. The second-order valence-electron chi connectivity index (χ2n) is 3.35. The number of phenolic OH excluding ortho intramolecular Hbond substituents is 1. The number of hydrogen-bond donors (Lipinski definition) is 1. The molecule has 78 valence electrons. The van der Waals surface area contributed by atoms with E-state index in [1.807, 2.05) is 6.07 Å². The summed E-state index contributed by atoms with van der Waals surface area (Å²) in [6, 6.07) is 13.9. The average molecular weight is 230 g/mol. The van der Waals surface area contributed by atoms with Crippen molar-refractivity contribution in [1.82, 2.24) is 0 Å². The lowest BCUT2D eigenvalue weighted by Crippen LogP contribution is -1.81. The van der Waals surface area contributed by atoms with E-state index in [2.05, 4.69) is 6.07 Å². The number of rotatable bonds is 1. The Morgan fingerprint density at radius 1 is 1.12 bits per heavy atom. The standard InChI is InChI=1S/C13H8ClNO/c14-11-4-5-13(16)12(7-11)10-3-1-2-9(6-10)8-15/h1-7,16H. The third-order valence-electron chi connectivity index (χ3n) is 2.26. The van der Waals surface area contributed by atoms with E-state index in [4.69, 9.17) is 16.9 Å². The Balaban J connectivity index is 2.58. The highest BCUT2D eigenvalue weighted by Gasteiger charge is 2.05. The molecule has 0 aliphatic rings. The number of halogens is 1. The Bertz CT molecular complexity index is 572. The maximum absolute atomic E-state index is 9.71. The summed E-state index contributed by atoms with van der Waals surface area (Å²) in [6.07, 6.45) is 0. The normalized spacial score (nSPS) is 9.75. The highest BCUT2D eigenvalue weighted by Crippen LogP contribution is 2.31. The van der Waals surface area contributed by atoms with E-state index in [0.717, 1.165) is 5.56 Å². The van der Waals surface area contributed by atoms with Gasteiger partial charge in [0.1, 0.15) is 5.75 Å². The minimum Gasteiger partial charge on any atom is -0.507 e. The fraction of sp³-hybridized carbons (Fsp3) is 0. The van der Waals surface area contributed by atoms with E-state index in [1.54, 1.807) is 30.3 Å². The molecule has 0 unspecified atom stereocenters. The van der Waals surface area contributed by atoms with Gasteiger partial charge in [0, 0.05) is 10.6 Å². The van der Waals surface area contributed by atoms with Crippen LogP contribution in [0.1, 0.15) is 5.56 Å². The molecule has 0 aliphatic carbocycles. The monoisotopic (exact) mass is 229 g/mol. The number of benzene rings is 2. The molecular formula is C13H8ClNO. The van der Waals surface area contributed by atoms with Crippen molar-refractivity contribution in [2.24, 2.45) is 0 Å². The van der Waals surface area contributed by atoms with Crippen LogP contribution in [-0.2, 0) is 0 Å². The van der Waals surface area contributed by atoms with Crippen LogP contribution in [0.25, 0.3) is 11.1 Å². The van der Waals surface area contributed by atoms with Crippen molar-refractivity contribution in [3.63, 3.8) is 0 Å². The summed E-state index contributed by atoms with van der Waals surface area (Å²) >= 11 is 5.86. The van der Waals surface area contributed by atoms with Crippen LogP contribution in [-0.4, -0.2) is 5.11 Å². The fourth-order valence-corrected chi connectivity index (χ4v) is 1.67. The Labute approximate surface area is 98.3 Å². The van der Waals surface area contributed by atoms with Gasteiger partial charge in [-0.2, -0.15) is 5.26 Å². The zero-order chi connectivity index (χ0) is 11.5. The van der Waals surface area contributed by atoms with E-state index >= 15 is 0 Å². The van der Waals surface area contributed by atoms with E-state index in [-0.39, 0.29) is 5.75 Å². The maximum Gasteiger partial charge on any atom is 0.123 e. The van der Waals surface area contributed by atoms with Crippen LogP contribution in [0, 0.1) is 11.3 Å². The average Bonchev–Trinajstić information content (AvgIpc) is 2.32. The molecule has 0 fully saturated rings. The first-order chi connectivity index (χ1) is 7.70. The molecule has 2 rings (SSSR count). The zero-order valence-electron chi connectivity index (χ0n) is 8.31. The summed E-state index contributed by atoms with van der Waals surface area (Å²) in [5.41, 5.74) is 1.96. The molecule has 0 heterocycles. The van der Waals surface area contributed by atoms with Gasteiger partial charge in [0.25, 0.3) is 0 Å². The Morgan fingerprint density at radius 2 is 1.94 bits per heavy atom. The van der Waals surface area contributed by atoms with Gasteiger partial charge in [-0.05, 0) is 35.9 Å². The van der Waals surface area contributed by atoms with Gasteiger partial charge in [0.15, 0.2) is 0 Å². The first-order valence-electron chi connectivity index (χ1n) is 4.70. The minimum atomic E-state index is 0.152. The molecule has 0 bridgehead atoms. The highest BCUT2D eigenvalue weighted by atomic mass is 35.5. The van der Waals surface area contributed by atoms with Crippen molar-refractivity contribution in [3.05, 3.63) is 53.1 Å². The number of hydrogen-bond acceptors (Lipinski definition) is 2. The summed E-state index contributed by atoms with van der Waals surface area (Å²) < 4.78 is 0. The van der Waals surface area contributed by atoms with Crippen LogP contribution >= 0.6 is 11.6 Å². The molecule has 2 aromatic carbocycles. The predicted molar refractivity (Wildman–Crippen MR) is 63.3 cm³/mol. The lowest BCUT2D eigenvalue weighted by atomic mass is 10.0. The van der Waals surface area contributed by atoms with Crippen molar-refractivity contribution in [2.45, 2.75) is 0 Å². The largest absolute Gasteiger partial charge is 0.507 e.